The molecule has 1 heterocycles. The highest BCUT2D eigenvalue weighted by atomic mass is 16.5. The third-order valence-corrected chi connectivity index (χ3v) is 4.78. The molecule has 0 spiro atoms. The maximum atomic E-state index is 12.4. The number of ether oxygens (including phenoxy) is 1. The molecule has 0 saturated heterocycles. The molecule has 29 heavy (non-hydrogen) atoms. The van der Waals surface area contributed by atoms with Crippen molar-refractivity contribution in [2.45, 2.75) is 39.8 Å². The van der Waals surface area contributed by atoms with E-state index in [1.807, 2.05) is 42.5 Å². The van der Waals surface area contributed by atoms with Gasteiger partial charge in [0.15, 0.2) is 12.4 Å². The lowest BCUT2D eigenvalue weighted by molar-refractivity contribution is -0.153. The summed E-state index contributed by atoms with van der Waals surface area (Å²) in [4.78, 5) is 35.5. The van der Waals surface area contributed by atoms with Gasteiger partial charge in [-0.05, 0) is 43.7 Å². The smallest absolute Gasteiger partial charge is 0.308 e. The van der Waals surface area contributed by atoms with E-state index in [1.165, 1.54) is 6.92 Å². The fraction of sp³-hybridized carbons (Fsp3) is 0.273. The van der Waals surface area contributed by atoms with Gasteiger partial charge < -0.3 is 10.1 Å². The molecule has 1 aromatic heterocycles. The van der Waals surface area contributed by atoms with Gasteiger partial charge in [0.25, 0.3) is 5.91 Å². The van der Waals surface area contributed by atoms with Crippen LogP contribution in [0.3, 0.4) is 0 Å². The number of esters is 1. The molecule has 2 aromatic carbocycles. The van der Waals surface area contributed by atoms with Crippen LogP contribution in [0.5, 0.6) is 0 Å². The van der Waals surface area contributed by atoms with Gasteiger partial charge in [0.1, 0.15) is 0 Å². The van der Waals surface area contributed by atoms with Gasteiger partial charge in [-0.15, -0.1) is 0 Å². The predicted octanol–water partition coefficient (Wildman–Crippen LogP) is 3.43. The number of hydrogen-bond donors (Lipinski definition) is 1. The molecule has 3 rings (SSSR count). The molecule has 1 atom stereocenters. The number of rotatable bonds is 7. The third-order valence-electron chi connectivity index (χ3n) is 4.78. The van der Waals surface area contributed by atoms with Gasteiger partial charge in [-0.2, -0.15) is 5.10 Å². The Bertz CT molecular complexity index is 1070. The van der Waals surface area contributed by atoms with Crippen LogP contribution < -0.4 is 5.32 Å². The largest absolute Gasteiger partial charge is 0.452 e. The molecule has 0 fully saturated rings. The van der Waals surface area contributed by atoms with E-state index in [9.17, 15) is 14.4 Å². The van der Waals surface area contributed by atoms with Crippen molar-refractivity contribution in [1.82, 2.24) is 9.78 Å². The molecular weight excluding hydrogens is 370 g/mol. The molecule has 1 amide bonds. The molecule has 0 bridgehead atoms. The van der Waals surface area contributed by atoms with Crippen LogP contribution in [0.2, 0.25) is 0 Å². The molecule has 3 aromatic rings. The number of aryl methyl sites for hydroxylation is 2. The summed E-state index contributed by atoms with van der Waals surface area (Å²) in [7, 11) is 0. The summed E-state index contributed by atoms with van der Waals surface area (Å²) in [6, 6.07) is 13.4. The summed E-state index contributed by atoms with van der Waals surface area (Å²) in [6.07, 6.45) is -0.125. The van der Waals surface area contributed by atoms with Crippen LogP contribution in [0.1, 0.15) is 35.1 Å². The van der Waals surface area contributed by atoms with Crippen LogP contribution in [0.25, 0.3) is 10.8 Å². The summed E-state index contributed by atoms with van der Waals surface area (Å²) in [5.74, 6) is -0.908. The van der Waals surface area contributed by atoms with Crippen molar-refractivity contribution in [3.63, 3.8) is 0 Å². The second-order valence-corrected chi connectivity index (χ2v) is 6.86. The molecular formula is C22H23N3O4. The zero-order valence-corrected chi connectivity index (χ0v) is 16.6. The zero-order chi connectivity index (χ0) is 21.0. The van der Waals surface area contributed by atoms with E-state index in [0.717, 1.165) is 17.1 Å². The Morgan fingerprint density at radius 2 is 1.90 bits per heavy atom. The topological polar surface area (TPSA) is 90.3 Å². The molecule has 0 radical (unpaired) electrons. The van der Waals surface area contributed by atoms with Crippen LogP contribution in [0, 0.1) is 13.8 Å². The lowest BCUT2D eigenvalue weighted by Gasteiger charge is -2.14. The van der Waals surface area contributed by atoms with Crippen molar-refractivity contribution in [3.8, 4) is 0 Å². The van der Waals surface area contributed by atoms with E-state index < -0.39 is 18.0 Å². The van der Waals surface area contributed by atoms with Crippen molar-refractivity contribution in [2.75, 3.05) is 5.32 Å². The zero-order valence-electron chi connectivity index (χ0n) is 16.6. The summed E-state index contributed by atoms with van der Waals surface area (Å²) in [5, 5.41) is 9.10. The molecule has 0 aliphatic heterocycles. The van der Waals surface area contributed by atoms with E-state index in [4.69, 9.17) is 4.74 Å². The minimum absolute atomic E-state index is 0.0495. The van der Waals surface area contributed by atoms with E-state index in [2.05, 4.69) is 10.4 Å². The first-order valence-electron chi connectivity index (χ1n) is 9.37. The van der Waals surface area contributed by atoms with Crippen LogP contribution in [0.15, 0.2) is 42.5 Å². The molecule has 0 aliphatic rings. The van der Waals surface area contributed by atoms with Crippen LogP contribution in [-0.2, 0) is 20.9 Å². The monoisotopic (exact) mass is 393 g/mol. The highest BCUT2D eigenvalue weighted by Crippen LogP contribution is 2.19. The standard InChI is InChI=1S/C22H23N3O4/c1-14-20(13-26)15(2)25(24-14)11-10-21(27)29-16(3)22(28)23-19-9-8-17-6-4-5-7-18(17)12-19/h4-9,12-13,16H,10-11H2,1-3H3,(H,23,28)/t16-/m0/s1. The summed E-state index contributed by atoms with van der Waals surface area (Å²) in [5.41, 5.74) is 2.49. The number of anilines is 1. The molecule has 0 aliphatic carbocycles. The Kier molecular flexibility index (Phi) is 6.07. The average molecular weight is 393 g/mol. The maximum absolute atomic E-state index is 12.4. The summed E-state index contributed by atoms with van der Waals surface area (Å²) >= 11 is 0. The van der Waals surface area contributed by atoms with Gasteiger partial charge in [0.2, 0.25) is 0 Å². The number of nitrogens with one attached hydrogen (secondary N) is 1. The maximum Gasteiger partial charge on any atom is 0.308 e. The quantitative estimate of drug-likeness (QED) is 0.491. The van der Waals surface area contributed by atoms with Gasteiger partial charge >= 0.3 is 5.97 Å². The fourth-order valence-electron chi connectivity index (χ4n) is 3.12. The third kappa shape index (κ3) is 4.68. The van der Waals surface area contributed by atoms with E-state index in [0.29, 0.717) is 22.6 Å². The van der Waals surface area contributed by atoms with E-state index in [-0.39, 0.29) is 13.0 Å². The number of amides is 1. The van der Waals surface area contributed by atoms with Gasteiger partial charge in [0.05, 0.1) is 24.2 Å². The summed E-state index contributed by atoms with van der Waals surface area (Å²) in [6.45, 7) is 5.32. The van der Waals surface area contributed by atoms with Crippen LogP contribution in [-0.4, -0.2) is 34.0 Å². The van der Waals surface area contributed by atoms with Crippen molar-refractivity contribution < 1.29 is 19.1 Å². The first-order chi connectivity index (χ1) is 13.9. The molecule has 0 saturated carbocycles. The minimum Gasteiger partial charge on any atom is -0.452 e. The van der Waals surface area contributed by atoms with Gasteiger partial charge in [-0.3, -0.25) is 19.1 Å². The number of carbonyl (C=O) groups is 3. The Morgan fingerprint density at radius 1 is 1.17 bits per heavy atom. The lowest BCUT2D eigenvalue weighted by atomic mass is 10.1. The molecule has 7 nitrogen and oxygen atoms in total. The predicted molar refractivity (Wildman–Crippen MR) is 110 cm³/mol. The highest BCUT2D eigenvalue weighted by molar-refractivity contribution is 5.97. The van der Waals surface area contributed by atoms with E-state index in [1.54, 1.807) is 18.5 Å². The number of fused-ring (bicyclic) bond motifs is 1. The normalized spacial score (nSPS) is 11.8. The molecule has 0 unspecified atom stereocenters. The van der Waals surface area contributed by atoms with Crippen molar-refractivity contribution >= 4 is 34.6 Å². The van der Waals surface area contributed by atoms with Gasteiger partial charge in [0, 0.05) is 11.4 Å². The Balaban J connectivity index is 1.54. The number of aldehydes is 1. The highest BCUT2D eigenvalue weighted by Gasteiger charge is 2.19. The first-order valence-corrected chi connectivity index (χ1v) is 9.37. The van der Waals surface area contributed by atoms with Crippen molar-refractivity contribution in [1.29, 1.82) is 0 Å². The second kappa shape index (κ2) is 8.68. The number of aromatic nitrogens is 2. The minimum atomic E-state index is -0.931. The lowest BCUT2D eigenvalue weighted by Crippen LogP contribution is -2.30. The molecule has 7 heteroatoms. The number of hydrogen-bond acceptors (Lipinski definition) is 5. The molecule has 1 N–H and O–H groups in total. The van der Waals surface area contributed by atoms with Crippen LogP contribution in [0.4, 0.5) is 5.69 Å². The Hall–Kier alpha value is -3.48. The fourth-order valence-corrected chi connectivity index (χ4v) is 3.12. The van der Waals surface area contributed by atoms with Crippen LogP contribution >= 0.6 is 0 Å². The first kappa shape index (κ1) is 20.3. The number of nitrogens with zero attached hydrogens (tertiary/aromatic N) is 2. The SMILES string of the molecule is Cc1nn(CCC(=O)O[C@@H](C)C(=O)Nc2ccc3ccccc3c2)c(C)c1C=O. The van der Waals surface area contributed by atoms with Gasteiger partial charge in [-0.25, -0.2) is 0 Å². The summed E-state index contributed by atoms with van der Waals surface area (Å²) < 4.78 is 6.83. The van der Waals surface area contributed by atoms with E-state index >= 15 is 0 Å². The van der Waals surface area contributed by atoms with Gasteiger partial charge in [-0.1, -0.05) is 30.3 Å². The molecule has 150 valence electrons. The Labute approximate surface area is 168 Å². The van der Waals surface area contributed by atoms with Crippen molar-refractivity contribution in [3.05, 3.63) is 59.4 Å². The number of carbonyl (C=O) groups excluding carboxylic acids is 3. The second-order valence-electron chi connectivity index (χ2n) is 6.86. The Morgan fingerprint density at radius 3 is 2.59 bits per heavy atom. The average Bonchev–Trinajstić information content (AvgIpc) is 2.98. The number of benzene rings is 2. The van der Waals surface area contributed by atoms with Crippen molar-refractivity contribution in [2.24, 2.45) is 0 Å².